The van der Waals surface area contributed by atoms with Crippen LogP contribution < -0.4 is 4.72 Å². The van der Waals surface area contributed by atoms with E-state index in [9.17, 15) is 22.4 Å². The number of ether oxygens (including phenoxy) is 1. The van der Waals surface area contributed by atoms with Crippen LogP contribution in [-0.2, 0) is 25.0 Å². The maximum Gasteiger partial charge on any atom is 0.321 e. The minimum Gasteiger partial charge on any atom is -0.453 e. The number of carbonyl (C=O) groups excluding carboxylic acids is 2. The van der Waals surface area contributed by atoms with Crippen molar-refractivity contribution >= 4 is 21.8 Å². The van der Waals surface area contributed by atoms with Gasteiger partial charge in [0.2, 0.25) is 15.8 Å². The molecule has 8 heteroatoms. The monoisotopic (exact) mass is 421 g/mol. The highest BCUT2D eigenvalue weighted by molar-refractivity contribution is 7.89. The molecule has 0 aliphatic carbocycles. The van der Waals surface area contributed by atoms with Crippen LogP contribution in [0.5, 0.6) is 0 Å². The van der Waals surface area contributed by atoms with E-state index in [0.717, 1.165) is 29.8 Å². The number of sulfonamides is 1. The number of esters is 1. The van der Waals surface area contributed by atoms with Crippen molar-refractivity contribution in [3.8, 4) is 0 Å². The summed E-state index contributed by atoms with van der Waals surface area (Å²) in [5.41, 5.74) is 1.40. The maximum atomic E-state index is 12.9. The summed E-state index contributed by atoms with van der Waals surface area (Å²) in [7, 11) is -4.00. The Balaban J connectivity index is 1.94. The van der Waals surface area contributed by atoms with Crippen molar-refractivity contribution < 1.29 is 27.1 Å². The number of rotatable bonds is 7. The first-order valence-electron chi connectivity index (χ1n) is 8.99. The van der Waals surface area contributed by atoms with Crippen LogP contribution in [-0.4, -0.2) is 32.8 Å². The van der Waals surface area contributed by atoms with Gasteiger partial charge in [0, 0.05) is 5.56 Å². The van der Waals surface area contributed by atoms with Gasteiger partial charge in [0.15, 0.2) is 6.10 Å². The van der Waals surface area contributed by atoms with Gasteiger partial charge in [0.05, 0.1) is 4.90 Å². The fraction of sp³-hybridized carbons (Fsp3) is 0.333. The molecule has 0 radical (unpaired) electrons. The van der Waals surface area contributed by atoms with E-state index in [2.05, 4.69) is 25.5 Å². The fourth-order valence-electron chi connectivity index (χ4n) is 2.51. The summed E-state index contributed by atoms with van der Waals surface area (Å²) < 4.78 is 44.2. The molecule has 0 amide bonds. The molecule has 1 atom stereocenters. The van der Waals surface area contributed by atoms with Crippen LogP contribution >= 0.6 is 0 Å². The zero-order valence-electron chi connectivity index (χ0n) is 16.7. The first-order chi connectivity index (χ1) is 13.4. The number of benzene rings is 2. The maximum absolute atomic E-state index is 12.9. The Morgan fingerprint density at radius 2 is 1.59 bits per heavy atom. The quantitative estimate of drug-likeness (QED) is 0.548. The predicted octanol–water partition coefficient (Wildman–Crippen LogP) is 3.22. The number of nitrogens with one attached hydrogen (secondary N) is 1. The first kappa shape index (κ1) is 22.7. The molecule has 0 unspecified atom stereocenters. The Hall–Kier alpha value is -2.58. The second kappa shape index (κ2) is 8.84. The number of hydrogen-bond donors (Lipinski definition) is 1. The van der Waals surface area contributed by atoms with Crippen molar-refractivity contribution in [1.29, 1.82) is 0 Å². The van der Waals surface area contributed by atoms with Crippen LogP contribution in [0, 0.1) is 5.82 Å². The molecular weight excluding hydrogens is 397 g/mol. The Bertz CT molecular complexity index is 977. The van der Waals surface area contributed by atoms with E-state index < -0.39 is 34.5 Å². The molecule has 0 aliphatic rings. The molecule has 29 heavy (non-hydrogen) atoms. The van der Waals surface area contributed by atoms with Gasteiger partial charge in [-0.25, -0.2) is 12.8 Å². The third-order valence-electron chi connectivity index (χ3n) is 4.24. The molecule has 0 heterocycles. The van der Waals surface area contributed by atoms with Gasteiger partial charge in [-0.1, -0.05) is 45.0 Å². The summed E-state index contributed by atoms with van der Waals surface area (Å²) in [6.07, 6.45) is -1.07. The Morgan fingerprint density at radius 1 is 1.03 bits per heavy atom. The zero-order valence-corrected chi connectivity index (χ0v) is 17.5. The highest BCUT2D eigenvalue weighted by Crippen LogP contribution is 2.22. The zero-order chi connectivity index (χ0) is 21.8. The third-order valence-corrected chi connectivity index (χ3v) is 5.66. The van der Waals surface area contributed by atoms with E-state index >= 15 is 0 Å². The summed E-state index contributed by atoms with van der Waals surface area (Å²) in [6.45, 7) is 6.94. The van der Waals surface area contributed by atoms with E-state index in [-0.39, 0.29) is 16.1 Å². The summed E-state index contributed by atoms with van der Waals surface area (Å²) in [4.78, 5) is 24.2. The SMILES string of the molecule is C[C@@H](OC(=O)CNS(=O)(=O)c1ccc(F)cc1)C(=O)c1ccc(C(C)(C)C)cc1. The molecule has 0 fully saturated rings. The molecule has 1 N–H and O–H groups in total. The van der Waals surface area contributed by atoms with Crippen LogP contribution in [0.25, 0.3) is 0 Å². The van der Waals surface area contributed by atoms with Crippen LogP contribution in [0.1, 0.15) is 43.6 Å². The molecule has 0 aliphatic heterocycles. The lowest BCUT2D eigenvalue weighted by Crippen LogP contribution is -2.34. The minimum atomic E-state index is -4.00. The summed E-state index contributed by atoms with van der Waals surface area (Å²) in [6, 6.07) is 11.2. The van der Waals surface area contributed by atoms with E-state index in [1.54, 1.807) is 12.1 Å². The summed E-state index contributed by atoms with van der Waals surface area (Å²) in [5.74, 6) is -1.87. The summed E-state index contributed by atoms with van der Waals surface area (Å²) in [5, 5.41) is 0. The number of hydrogen-bond acceptors (Lipinski definition) is 5. The molecule has 0 saturated carbocycles. The smallest absolute Gasteiger partial charge is 0.321 e. The van der Waals surface area contributed by atoms with Gasteiger partial charge in [0.1, 0.15) is 12.4 Å². The molecule has 0 bridgehead atoms. The molecular formula is C21H24FNO5S. The number of ketones is 1. The Kier molecular flexibility index (Phi) is 6.92. The highest BCUT2D eigenvalue weighted by Gasteiger charge is 2.22. The van der Waals surface area contributed by atoms with Gasteiger partial charge in [-0.3, -0.25) is 9.59 Å². The fourth-order valence-corrected chi connectivity index (χ4v) is 3.48. The minimum absolute atomic E-state index is 0.0542. The molecule has 2 rings (SSSR count). The Morgan fingerprint density at radius 3 is 2.10 bits per heavy atom. The van der Waals surface area contributed by atoms with Crippen LogP contribution in [0.15, 0.2) is 53.4 Å². The van der Waals surface area contributed by atoms with Crippen molar-refractivity contribution in [2.75, 3.05) is 6.54 Å². The van der Waals surface area contributed by atoms with E-state index in [1.165, 1.54) is 6.92 Å². The largest absolute Gasteiger partial charge is 0.453 e. The van der Waals surface area contributed by atoms with E-state index in [0.29, 0.717) is 5.56 Å². The average Bonchev–Trinajstić information content (AvgIpc) is 2.65. The molecule has 156 valence electrons. The lowest BCUT2D eigenvalue weighted by Gasteiger charge is -2.19. The predicted molar refractivity (Wildman–Crippen MR) is 107 cm³/mol. The lowest BCUT2D eigenvalue weighted by atomic mass is 9.86. The van der Waals surface area contributed by atoms with Gasteiger partial charge in [-0.2, -0.15) is 4.72 Å². The highest BCUT2D eigenvalue weighted by atomic mass is 32.2. The van der Waals surface area contributed by atoms with Gasteiger partial charge in [-0.05, 0) is 42.2 Å². The number of halogens is 1. The Labute approximate surface area is 170 Å². The van der Waals surface area contributed by atoms with Crippen molar-refractivity contribution in [2.45, 2.75) is 44.1 Å². The van der Waals surface area contributed by atoms with Gasteiger partial charge < -0.3 is 4.74 Å². The van der Waals surface area contributed by atoms with Crippen LogP contribution in [0.2, 0.25) is 0 Å². The molecule has 0 aromatic heterocycles. The average molecular weight is 421 g/mol. The second-order valence-electron chi connectivity index (χ2n) is 7.60. The first-order valence-corrected chi connectivity index (χ1v) is 10.5. The normalized spacial score (nSPS) is 13.0. The van der Waals surface area contributed by atoms with Gasteiger partial charge >= 0.3 is 5.97 Å². The number of carbonyl (C=O) groups is 2. The van der Waals surface area contributed by atoms with Crippen LogP contribution in [0.3, 0.4) is 0 Å². The van der Waals surface area contributed by atoms with Crippen molar-refractivity contribution in [1.82, 2.24) is 4.72 Å². The van der Waals surface area contributed by atoms with Crippen molar-refractivity contribution in [3.05, 3.63) is 65.5 Å². The molecule has 0 saturated heterocycles. The van der Waals surface area contributed by atoms with Crippen LogP contribution in [0.4, 0.5) is 4.39 Å². The summed E-state index contributed by atoms with van der Waals surface area (Å²) >= 11 is 0. The molecule has 2 aromatic rings. The van der Waals surface area contributed by atoms with E-state index in [1.807, 2.05) is 12.1 Å². The second-order valence-corrected chi connectivity index (χ2v) is 9.37. The standard InChI is InChI=1S/C21H24FNO5S/c1-14(20(25)15-5-7-16(8-6-15)21(2,3)4)28-19(24)13-23-29(26,27)18-11-9-17(22)10-12-18/h5-12,14,23H,13H2,1-4H3/t14-/m1/s1. The van der Waals surface area contributed by atoms with Gasteiger partial charge in [0.25, 0.3) is 0 Å². The number of Topliss-reactive ketones (excluding diaryl/α,β-unsaturated/α-hetero) is 1. The lowest BCUT2D eigenvalue weighted by molar-refractivity contribution is -0.144. The topological polar surface area (TPSA) is 89.5 Å². The molecule has 6 nitrogen and oxygen atoms in total. The molecule has 0 spiro atoms. The van der Waals surface area contributed by atoms with Crippen molar-refractivity contribution in [2.24, 2.45) is 0 Å². The van der Waals surface area contributed by atoms with E-state index in [4.69, 9.17) is 4.74 Å². The third kappa shape index (κ3) is 6.20. The molecule has 2 aromatic carbocycles. The van der Waals surface area contributed by atoms with Crippen molar-refractivity contribution in [3.63, 3.8) is 0 Å². The van der Waals surface area contributed by atoms with Gasteiger partial charge in [-0.15, -0.1) is 0 Å².